The first kappa shape index (κ1) is 15.2. The molecule has 0 saturated heterocycles. The van der Waals surface area contributed by atoms with Crippen molar-refractivity contribution in [3.05, 3.63) is 64.7 Å². The van der Waals surface area contributed by atoms with Crippen LogP contribution in [0.4, 0.5) is 4.39 Å². The number of aryl methyl sites for hydroxylation is 3. The Balaban J connectivity index is 1.83. The molecule has 21 heavy (non-hydrogen) atoms. The van der Waals surface area contributed by atoms with E-state index >= 15 is 0 Å². The van der Waals surface area contributed by atoms with Crippen molar-refractivity contribution in [3.8, 4) is 0 Å². The Bertz CT molecular complexity index is 640. The van der Waals surface area contributed by atoms with Crippen LogP contribution in [0.25, 0.3) is 0 Å². The Kier molecular flexibility index (Phi) is 5.04. The van der Waals surface area contributed by atoms with Gasteiger partial charge in [0.05, 0.1) is 12.2 Å². The molecule has 1 heterocycles. The van der Waals surface area contributed by atoms with Crippen LogP contribution in [0.3, 0.4) is 0 Å². The summed E-state index contributed by atoms with van der Waals surface area (Å²) in [5, 5.41) is 0. The van der Waals surface area contributed by atoms with E-state index in [2.05, 4.69) is 4.98 Å². The zero-order valence-corrected chi connectivity index (χ0v) is 12.2. The van der Waals surface area contributed by atoms with Gasteiger partial charge in [-0.3, -0.25) is 4.98 Å². The Labute approximate surface area is 123 Å². The summed E-state index contributed by atoms with van der Waals surface area (Å²) >= 11 is 0. The van der Waals surface area contributed by atoms with E-state index in [9.17, 15) is 9.18 Å². The molecule has 0 aliphatic carbocycles. The number of halogens is 1. The van der Waals surface area contributed by atoms with Crippen LogP contribution in [0.5, 0.6) is 0 Å². The molecule has 0 aliphatic heterocycles. The first-order valence-electron chi connectivity index (χ1n) is 6.92. The van der Waals surface area contributed by atoms with Gasteiger partial charge in [0.25, 0.3) is 0 Å². The molecule has 0 saturated carbocycles. The molecule has 0 aliphatic rings. The molecular formula is C17H18FNO2. The molecular weight excluding hydrogens is 269 g/mol. The smallest absolute Gasteiger partial charge is 0.338 e. The summed E-state index contributed by atoms with van der Waals surface area (Å²) in [7, 11) is 0. The number of ether oxygens (including phenoxy) is 1. The van der Waals surface area contributed by atoms with Crippen molar-refractivity contribution >= 4 is 5.97 Å². The second-order valence-corrected chi connectivity index (χ2v) is 4.97. The monoisotopic (exact) mass is 287 g/mol. The van der Waals surface area contributed by atoms with Crippen LogP contribution in [-0.2, 0) is 11.2 Å². The highest BCUT2D eigenvalue weighted by atomic mass is 19.1. The number of rotatable bonds is 5. The van der Waals surface area contributed by atoms with Crippen LogP contribution in [-0.4, -0.2) is 17.6 Å². The minimum absolute atomic E-state index is 0.281. The molecule has 110 valence electrons. The molecule has 0 N–H and O–H groups in total. The average molecular weight is 287 g/mol. The third kappa shape index (κ3) is 4.38. The van der Waals surface area contributed by atoms with Gasteiger partial charge in [-0.1, -0.05) is 12.1 Å². The summed E-state index contributed by atoms with van der Waals surface area (Å²) in [6.45, 7) is 3.99. The van der Waals surface area contributed by atoms with Crippen molar-refractivity contribution < 1.29 is 13.9 Å². The van der Waals surface area contributed by atoms with Crippen molar-refractivity contribution in [2.45, 2.75) is 26.7 Å². The summed E-state index contributed by atoms with van der Waals surface area (Å²) in [4.78, 5) is 16.3. The van der Waals surface area contributed by atoms with Crippen molar-refractivity contribution in [1.82, 2.24) is 4.98 Å². The minimum atomic E-state index is -0.482. The molecule has 0 radical (unpaired) electrons. The Morgan fingerprint density at radius 3 is 2.81 bits per heavy atom. The fourth-order valence-corrected chi connectivity index (χ4v) is 2.05. The van der Waals surface area contributed by atoms with Gasteiger partial charge in [-0.25, -0.2) is 9.18 Å². The van der Waals surface area contributed by atoms with Gasteiger partial charge in [-0.15, -0.1) is 0 Å². The van der Waals surface area contributed by atoms with Gasteiger partial charge >= 0.3 is 5.97 Å². The molecule has 2 aromatic rings. The first-order chi connectivity index (χ1) is 10.1. The third-order valence-electron chi connectivity index (χ3n) is 3.18. The Morgan fingerprint density at radius 2 is 2.05 bits per heavy atom. The van der Waals surface area contributed by atoms with E-state index in [-0.39, 0.29) is 5.56 Å². The number of carbonyl (C=O) groups excluding carboxylic acids is 1. The lowest BCUT2D eigenvalue weighted by Crippen LogP contribution is -2.09. The molecule has 0 atom stereocenters. The maximum atomic E-state index is 13.1. The molecule has 0 bridgehead atoms. The summed E-state index contributed by atoms with van der Waals surface area (Å²) in [5.41, 5.74) is 2.94. The fourth-order valence-electron chi connectivity index (χ4n) is 2.05. The lowest BCUT2D eigenvalue weighted by molar-refractivity contribution is 0.0499. The van der Waals surface area contributed by atoms with Crippen LogP contribution in [0.2, 0.25) is 0 Å². The summed E-state index contributed by atoms with van der Waals surface area (Å²) in [5.74, 6) is -0.916. The number of hydrogen-bond donors (Lipinski definition) is 0. The van der Waals surface area contributed by atoms with E-state index < -0.39 is 11.8 Å². The number of aromatic nitrogens is 1. The summed E-state index contributed by atoms with van der Waals surface area (Å²) in [6, 6.07) is 9.96. The number of esters is 1. The minimum Gasteiger partial charge on any atom is -0.462 e. The third-order valence-corrected chi connectivity index (χ3v) is 3.18. The van der Waals surface area contributed by atoms with Gasteiger partial charge in [-0.2, -0.15) is 0 Å². The van der Waals surface area contributed by atoms with Gasteiger partial charge in [-0.05, 0) is 56.5 Å². The number of hydrogen-bond acceptors (Lipinski definition) is 3. The first-order valence-corrected chi connectivity index (χ1v) is 6.92. The average Bonchev–Trinajstić information content (AvgIpc) is 2.46. The van der Waals surface area contributed by atoms with Crippen molar-refractivity contribution in [3.63, 3.8) is 0 Å². The zero-order valence-electron chi connectivity index (χ0n) is 12.2. The molecule has 1 aromatic heterocycles. The summed E-state index contributed by atoms with van der Waals surface area (Å²) in [6.07, 6.45) is 1.44. The highest BCUT2D eigenvalue weighted by molar-refractivity contribution is 5.90. The maximum Gasteiger partial charge on any atom is 0.338 e. The van der Waals surface area contributed by atoms with Crippen LogP contribution >= 0.6 is 0 Å². The van der Waals surface area contributed by atoms with E-state index in [1.165, 1.54) is 12.1 Å². The van der Waals surface area contributed by atoms with E-state index in [1.54, 1.807) is 13.0 Å². The number of benzene rings is 1. The molecule has 0 amide bonds. The van der Waals surface area contributed by atoms with Gasteiger partial charge in [0, 0.05) is 11.4 Å². The lowest BCUT2D eigenvalue weighted by Gasteiger charge is -2.07. The van der Waals surface area contributed by atoms with Crippen LogP contribution in [0.15, 0.2) is 36.4 Å². The lowest BCUT2D eigenvalue weighted by atomic mass is 10.1. The maximum absolute atomic E-state index is 13.1. The van der Waals surface area contributed by atoms with Crippen molar-refractivity contribution in [2.75, 3.05) is 6.61 Å². The fraction of sp³-hybridized carbons (Fsp3) is 0.294. The molecule has 4 heteroatoms. The van der Waals surface area contributed by atoms with Gasteiger partial charge in [0.1, 0.15) is 5.82 Å². The molecule has 0 fully saturated rings. The van der Waals surface area contributed by atoms with Crippen LogP contribution in [0.1, 0.15) is 33.7 Å². The SMILES string of the molecule is Cc1cccc(CCCOC(=O)c2cc(F)ccc2C)n1. The second kappa shape index (κ2) is 6.97. The van der Waals surface area contributed by atoms with E-state index in [4.69, 9.17) is 4.74 Å². The Hall–Kier alpha value is -2.23. The molecule has 3 nitrogen and oxygen atoms in total. The largest absolute Gasteiger partial charge is 0.462 e. The standard InChI is InChI=1S/C17H18FNO2/c1-12-8-9-14(18)11-16(12)17(20)21-10-4-7-15-6-3-5-13(2)19-15/h3,5-6,8-9,11H,4,7,10H2,1-2H3. The van der Waals surface area contributed by atoms with E-state index in [1.807, 2.05) is 25.1 Å². The van der Waals surface area contributed by atoms with E-state index in [0.717, 1.165) is 17.8 Å². The van der Waals surface area contributed by atoms with Crippen molar-refractivity contribution in [1.29, 1.82) is 0 Å². The van der Waals surface area contributed by atoms with Gasteiger partial charge in [0.2, 0.25) is 0 Å². The molecule has 1 aromatic carbocycles. The second-order valence-electron chi connectivity index (χ2n) is 4.97. The summed E-state index contributed by atoms with van der Waals surface area (Å²) < 4.78 is 18.3. The van der Waals surface area contributed by atoms with Crippen molar-refractivity contribution in [2.24, 2.45) is 0 Å². The quantitative estimate of drug-likeness (QED) is 0.622. The van der Waals surface area contributed by atoms with E-state index in [0.29, 0.717) is 18.6 Å². The number of pyridine rings is 1. The molecule has 0 unspecified atom stereocenters. The van der Waals surface area contributed by atoms with Crippen LogP contribution in [0, 0.1) is 19.7 Å². The van der Waals surface area contributed by atoms with Crippen LogP contribution < -0.4 is 0 Å². The number of nitrogens with zero attached hydrogens (tertiary/aromatic N) is 1. The topological polar surface area (TPSA) is 39.2 Å². The normalized spacial score (nSPS) is 10.4. The highest BCUT2D eigenvalue weighted by Gasteiger charge is 2.11. The van der Waals surface area contributed by atoms with Gasteiger partial charge < -0.3 is 4.74 Å². The predicted molar refractivity (Wildman–Crippen MR) is 78.7 cm³/mol. The zero-order chi connectivity index (χ0) is 15.2. The predicted octanol–water partition coefficient (Wildman–Crippen LogP) is 3.63. The molecule has 2 rings (SSSR count). The molecule has 0 spiro atoms. The highest BCUT2D eigenvalue weighted by Crippen LogP contribution is 2.12. The number of carbonyl (C=O) groups is 1. The van der Waals surface area contributed by atoms with Gasteiger partial charge in [0.15, 0.2) is 0 Å². The Morgan fingerprint density at radius 1 is 1.24 bits per heavy atom.